The number of Topliss-reactive ketones (excluding diaryl/α,β-unsaturated/α-hetero) is 4. The van der Waals surface area contributed by atoms with Gasteiger partial charge in [0.2, 0.25) is 0 Å². The number of benzene rings is 4. The van der Waals surface area contributed by atoms with Crippen LogP contribution in [0.3, 0.4) is 0 Å². The maximum atomic E-state index is 13.7. The summed E-state index contributed by atoms with van der Waals surface area (Å²) < 4.78 is 1.87. The molecule has 18 heteroatoms. The lowest BCUT2D eigenvalue weighted by atomic mass is 9.92. The quantitative estimate of drug-likeness (QED) is 0.00941. The molecule has 0 aliphatic carbocycles. The lowest BCUT2D eigenvalue weighted by molar-refractivity contribution is -0.921. The van der Waals surface area contributed by atoms with Crippen LogP contribution >= 0.6 is 15.9 Å². The number of piperidine rings is 2. The second-order valence-corrected chi connectivity index (χ2v) is 37.6. The smallest absolute Gasteiger partial charge is 0.191 e. The zero-order chi connectivity index (χ0) is 92.7. The SMILES string of the molecule is C/C=C/C=C\C=C\CC(=O)CN(CCCCC)CCCCCO.C=C(Nc1c(C)cccc1C)C1CCCCN1CCCCCC[N+](CCCCC)(CCCCCO)CC(=O)Cc1c(C)cccc1C.CCCCC[N+](CCCCCO)(CCCCCCBr)CC(=O)Cc1c(C)cccc1C.Cc1cccc(C)c1CC(=O)C1CCCCN1.[B]CCCCCC[B].[Br-].[Br-]. The number of unbranched alkanes of at least 4 members (excludes halogenated alkanes) is 21. The summed E-state index contributed by atoms with van der Waals surface area (Å²) in [6.45, 7) is 44.7. The molecule has 5 N–H and O–H groups in total. The van der Waals surface area contributed by atoms with Gasteiger partial charge in [0.25, 0.3) is 0 Å². The number of nitrogens with one attached hydrogen (secondary N) is 2. The van der Waals surface area contributed by atoms with Gasteiger partial charge in [-0.2, -0.15) is 0 Å². The number of para-hydroxylation sites is 1. The molecule has 2 aliphatic rings. The molecule has 4 unspecified atom stereocenters. The first-order chi connectivity index (χ1) is 61.0. The van der Waals surface area contributed by atoms with E-state index in [0.29, 0.717) is 68.7 Å². The van der Waals surface area contributed by atoms with E-state index >= 15 is 0 Å². The third-order valence-corrected chi connectivity index (χ3v) is 26.3. The average molecular weight is 1960 g/mol. The summed E-state index contributed by atoms with van der Waals surface area (Å²) in [6.07, 6.45) is 57.0. The summed E-state index contributed by atoms with van der Waals surface area (Å²) in [4.78, 5) is 56.3. The summed E-state index contributed by atoms with van der Waals surface area (Å²) in [5.41, 5.74) is 15.9. The zero-order valence-corrected chi connectivity index (χ0v) is 88.0. The van der Waals surface area contributed by atoms with Gasteiger partial charge < -0.3 is 68.9 Å². The lowest BCUT2D eigenvalue weighted by Gasteiger charge is -2.39. The van der Waals surface area contributed by atoms with Crippen molar-refractivity contribution in [1.82, 2.24) is 15.1 Å². The van der Waals surface area contributed by atoms with Gasteiger partial charge in [0.05, 0.1) is 67.5 Å². The van der Waals surface area contributed by atoms with E-state index in [1.54, 1.807) is 0 Å². The molecule has 0 amide bonds. The minimum Gasteiger partial charge on any atom is -1.00 e. The van der Waals surface area contributed by atoms with Gasteiger partial charge in [-0.3, -0.25) is 29.0 Å². The Bertz CT molecular complexity index is 3520. The number of hydrogen-bond donors (Lipinski definition) is 5. The molecule has 0 bridgehead atoms. The molecule has 4 radical (unpaired) electrons. The molecule has 0 aromatic heterocycles. The Morgan fingerprint density at radius 1 is 0.477 bits per heavy atom. The van der Waals surface area contributed by atoms with Crippen LogP contribution in [0.15, 0.2) is 122 Å². The van der Waals surface area contributed by atoms with Crippen LogP contribution in [0.1, 0.15) is 326 Å². The maximum absolute atomic E-state index is 13.7. The predicted octanol–water partition coefficient (Wildman–Crippen LogP) is 18.4. The van der Waals surface area contributed by atoms with Crippen molar-refractivity contribution in [3.05, 3.63) is 183 Å². The minimum absolute atomic E-state index is 0. The van der Waals surface area contributed by atoms with Gasteiger partial charge >= 0.3 is 0 Å². The molecule has 2 fully saturated rings. The number of quaternary nitrogens is 2. The highest BCUT2D eigenvalue weighted by atomic mass is 79.9. The molecule has 2 saturated heterocycles. The van der Waals surface area contributed by atoms with Gasteiger partial charge in [-0.15, -0.1) is 0 Å². The van der Waals surface area contributed by atoms with E-state index in [4.69, 9.17) is 20.8 Å². The number of anilines is 1. The van der Waals surface area contributed by atoms with Crippen molar-refractivity contribution >= 4 is 60.4 Å². The molecule has 2 heterocycles. The first kappa shape index (κ1) is 124. The number of hydrogen-bond acceptors (Lipinski definition) is 11. The molecule has 0 spiro atoms. The van der Waals surface area contributed by atoms with Gasteiger partial charge in [0.15, 0.2) is 23.1 Å². The fourth-order valence-electron chi connectivity index (χ4n) is 17.9. The number of likely N-dealkylation sites (tertiary alicyclic amines) is 1. The van der Waals surface area contributed by atoms with Crippen LogP contribution in [0, 0.1) is 55.4 Å². The van der Waals surface area contributed by atoms with Gasteiger partial charge in [0, 0.05) is 68.3 Å². The Kier molecular flexibility index (Phi) is 77.1. The van der Waals surface area contributed by atoms with E-state index < -0.39 is 0 Å². The Morgan fingerprint density at radius 2 is 0.859 bits per heavy atom. The average Bonchev–Trinajstić information content (AvgIpc) is 0.861. The summed E-state index contributed by atoms with van der Waals surface area (Å²) in [6, 6.07) is 25.9. The summed E-state index contributed by atoms with van der Waals surface area (Å²) in [5, 5.41) is 35.6. The number of rotatable bonds is 65. The van der Waals surface area contributed by atoms with E-state index in [0.717, 1.165) is 188 Å². The van der Waals surface area contributed by atoms with E-state index in [9.17, 15) is 29.4 Å². The van der Waals surface area contributed by atoms with Crippen LogP contribution in [0.25, 0.3) is 0 Å². The van der Waals surface area contributed by atoms with E-state index in [-0.39, 0.29) is 65.6 Å². The Labute approximate surface area is 816 Å². The first-order valence-electron chi connectivity index (χ1n) is 50.4. The first-order valence-corrected chi connectivity index (χ1v) is 51.5. The number of aryl methyl sites for hydroxylation is 8. The highest BCUT2D eigenvalue weighted by Gasteiger charge is 2.33. The number of halogens is 3. The maximum Gasteiger partial charge on any atom is 0.191 e. The summed E-state index contributed by atoms with van der Waals surface area (Å²) >= 11 is 3.54. The Morgan fingerprint density at radius 3 is 1.28 bits per heavy atom. The number of carbonyl (C=O) groups is 4. The molecule has 13 nitrogen and oxygen atoms in total. The number of allylic oxidation sites excluding steroid dienone is 6. The van der Waals surface area contributed by atoms with Crippen LogP contribution < -0.4 is 44.6 Å². The van der Waals surface area contributed by atoms with Crippen LogP contribution in [-0.4, -0.2) is 202 Å². The number of carbonyl (C=O) groups excluding carboxylic acids is 4. The molecule has 0 saturated carbocycles. The zero-order valence-electron chi connectivity index (χ0n) is 83.2. The minimum atomic E-state index is 0. The van der Waals surface area contributed by atoms with Crippen molar-refractivity contribution < 1.29 is 77.4 Å². The van der Waals surface area contributed by atoms with Crippen LogP contribution in [-0.2, 0) is 38.4 Å². The topological polar surface area (TPSA) is 160 Å². The molecule has 4 atom stereocenters. The lowest BCUT2D eigenvalue weighted by Crippen LogP contribution is -3.00. The van der Waals surface area contributed by atoms with Crippen molar-refractivity contribution in [2.45, 2.75) is 365 Å². The van der Waals surface area contributed by atoms with Crippen molar-refractivity contribution in [3.8, 4) is 0 Å². The Balaban J connectivity index is 0.00000172. The number of ketones is 4. The standard InChI is InChI=1S/C42H68N3O2.C27H47BrNO2.C20H35NO2.C15H21NO.C6H12B2.2BrH/c1-7-8-15-28-45(30-17-11-18-31-46,33-39(47)32-40-34(2)21-19-22-35(40)3)29-16-10-9-13-26-44-27-14-12-25-41(44)38(6)43-42-36(4)23-20-24-37(42)5;1-4-5-10-18-29(20-12-8-13-21-30,19-11-7-6-9-17-28)23-26(31)22-27-24(2)15-14-16-25(27)3;1-3-5-7-8-9-11-15-20(23)19-21(16-12-6-4-2)17-13-10-14-18-22;1-11-6-5-7-12(2)13(11)10-15(17)14-8-3-4-9-16-14;7-5-3-1-2-4-6-8;;/h19-24,41,43,46H,6-18,25-33H2,1-5H3;14-16,30H,4-13,17-23H2,1-3H3;3,5,7-9,11,22H,4,6,10,12-19H2,1-2H3;5-7,14,16H,3-4,8-10H2,1-2H3;1-6H2;2*1H/q2*+1;;;;;/p-2/b;;5-3+,8-7-,11-9+;;;;. The molecule has 2 aliphatic heterocycles. The van der Waals surface area contributed by atoms with Crippen molar-refractivity contribution in [2.24, 2.45) is 0 Å². The summed E-state index contributed by atoms with van der Waals surface area (Å²) in [7, 11) is 10.6. The predicted molar refractivity (Wildman–Crippen MR) is 548 cm³/mol. The van der Waals surface area contributed by atoms with Crippen molar-refractivity contribution in [3.63, 3.8) is 0 Å². The highest BCUT2D eigenvalue weighted by molar-refractivity contribution is 9.09. The third-order valence-electron chi connectivity index (χ3n) is 25.7. The van der Waals surface area contributed by atoms with Gasteiger partial charge in [-0.05, 0) is 310 Å². The second-order valence-electron chi connectivity index (χ2n) is 36.8. The highest BCUT2D eigenvalue weighted by Crippen LogP contribution is 2.30. The number of aliphatic hydroxyl groups is 3. The third kappa shape index (κ3) is 56.7. The molecule has 4 aromatic carbocycles. The molecule has 6 rings (SSSR count). The van der Waals surface area contributed by atoms with E-state index in [1.165, 1.54) is 215 Å². The largest absolute Gasteiger partial charge is 1.00 e. The molecular weight excluding hydrogens is 1780 g/mol. The van der Waals surface area contributed by atoms with Crippen molar-refractivity contribution in [1.29, 1.82) is 0 Å². The number of aliphatic hydroxyl groups excluding tert-OH is 3. The van der Waals surface area contributed by atoms with Gasteiger partial charge in [0.1, 0.15) is 13.1 Å². The molecule has 128 heavy (non-hydrogen) atoms. The fourth-order valence-corrected chi connectivity index (χ4v) is 18.3. The number of alkyl halides is 1. The van der Waals surface area contributed by atoms with Crippen LogP contribution in [0.2, 0.25) is 12.6 Å². The second kappa shape index (κ2) is 79.9. The molecule has 722 valence electrons. The molecular formula is C110H183B2Br3N6O7. The van der Waals surface area contributed by atoms with Crippen LogP contribution in [0.4, 0.5) is 5.69 Å². The summed E-state index contributed by atoms with van der Waals surface area (Å²) in [5.74, 6) is 1.39. The van der Waals surface area contributed by atoms with E-state index in [2.05, 4.69) is 192 Å². The van der Waals surface area contributed by atoms with Crippen LogP contribution in [0.5, 0.6) is 0 Å². The normalized spacial score (nSPS) is 14.8. The van der Waals surface area contributed by atoms with Crippen molar-refractivity contribution in [2.75, 3.05) is 122 Å². The molecule has 4 aromatic rings. The number of nitrogens with zero attached hydrogens (tertiary/aromatic N) is 4. The van der Waals surface area contributed by atoms with E-state index in [1.807, 2.05) is 43.4 Å². The van der Waals surface area contributed by atoms with Gasteiger partial charge in [-0.25, -0.2) is 0 Å². The fraction of sp³-hybridized carbons (Fsp3) is 0.673. The monoisotopic (exact) mass is 1960 g/mol. The Hall–Kier alpha value is -4.43. The van der Waals surface area contributed by atoms with Gasteiger partial charge in [-0.1, -0.05) is 242 Å².